The number of carbonyl (C=O) groups excluding carboxylic acids is 1. The van der Waals surface area contributed by atoms with Crippen molar-refractivity contribution >= 4 is 23.6 Å². The van der Waals surface area contributed by atoms with Crippen molar-refractivity contribution in [2.24, 2.45) is 0 Å². The van der Waals surface area contributed by atoms with Crippen molar-refractivity contribution in [1.29, 1.82) is 5.26 Å². The molecule has 1 aliphatic rings. The number of fused-ring (bicyclic) bond motifs is 1. The predicted octanol–water partition coefficient (Wildman–Crippen LogP) is 3.08. The Bertz CT molecular complexity index is 519. The number of hydrogen-bond acceptors (Lipinski definition) is 2. The minimum Gasteiger partial charge on any atom is -0.298 e. The standard InChI is InChI=1S/C14H13ClN2O/c15-8-3-6-14(18)17-9-7-11-4-1-2-5-12(11)13(17)10-16/h1-2,4-5,7,9,13H,3,6,8H2/t13-/m1/s1. The van der Waals surface area contributed by atoms with Crippen LogP contribution in [0.5, 0.6) is 0 Å². The van der Waals surface area contributed by atoms with E-state index in [-0.39, 0.29) is 5.91 Å². The van der Waals surface area contributed by atoms with Crippen LogP contribution in [0.25, 0.3) is 6.08 Å². The van der Waals surface area contributed by atoms with Gasteiger partial charge in [-0.3, -0.25) is 9.69 Å². The lowest BCUT2D eigenvalue weighted by molar-refractivity contribution is -0.129. The van der Waals surface area contributed by atoms with E-state index in [0.29, 0.717) is 18.7 Å². The van der Waals surface area contributed by atoms with Gasteiger partial charge in [0.2, 0.25) is 5.91 Å². The van der Waals surface area contributed by atoms with E-state index in [4.69, 9.17) is 11.6 Å². The normalized spacial score (nSPS) is 17.1. The van der Waals surface area contributed by atoms with Gasteiger partial charge in [-0.15, -0.1) is 11.6 Å². The second-order valence-electron chi connectivity index (χ2n) is 4.07. The zero-order chi connectivity index (χ0) is 13.0. The first-order valence-electron chi connectivity index (χ1n) is 5.82. The Labute approximate surface area is 111 Å². The molecule has 0 aromatic heterocycles. The molecule has 0 radical (unpaired) electrons. The minimum absolute atomic E-state index is 0.0621. The fraction of sp³-hybridized carbons (Fsp3) is 0.286. The lowest BCUT2D eigenvalue weighted by atomic mass is 9.97. The fourth-order valence-corrected chi connectivity index (χ4v) is 2.15. The van der Waals surface area contributed by atoms with E-state index in [2.05, 4.69) is 6.07 Å². The van der Waals surface area contributed by atoms with Gasteiger partial charge in [0.05, 0.1) is 6.07 Å². The molecule has 1 amide bonds. The number of rotatable bonds is 3. The molecular formula is C14H13ClN2O. The average molecular weight is 261 g/mol. The van der Waals surface area contributed by atoms with Gasteiger partial charge in [-0.2, -0.15) is 5.26 Å². The van der Waals surface area contributed by atoms with Crippen molar-refractivity contribution in [3.63, 3.8) is 0 Å². The summed E-state index contributed by atoms with van der Waals surface area (Å²) in [6.45, 7) is 0. The third-order valence-corrected chi connectivity index (χ3v) is 3.19. The van der Waals surface area contributed by atoms with Gasteiger partial charge in [-0.25, -0.2) is 0 Å². The topological polar surface area (TPSA) is 44.1 Å². The van der Waals surface area contributed by atoms with E-state index >= 15 is 0 Å². The molecule has 0 N–H and O–H groups in total. The maximum absolute atomic E-state index is 12.0. The number of amides is 1. The molecule has 1 aliphatic heterocycles. The largest absolute Gasteiger partial charge is 0.298 e. The van der Waals surface area contributed by atoms with Crippen molar-refractivity contribution in [3.05, 3.63) is 41.6 Å². The van der Waals surface area contributed by atoms with Crippen LogP contribution in [0, 0.1) is 11.3 Å². The van der Waals surface area contributed by atoms with Crippen LogP contribution in [-0.4, -0.2) is 16.7 Å². The first-order chi connectivity index (χ1) is 8.77. The third kappa shape index (κ3) is 2.39. The highest BCUT2D eigenvalue weighted by atomic mass is 35.5. The molecule has 1 aromatic carbocycles. The van der Waals surface area contributed by atoms with Gasteiger partial charge >= 0.3 is 0 Å². The van der Waals surface area contributed by atoms with Crippen molar-refractivity contribution in [3.8, 4) is 6.07 Å². The van der Waals surface area contributed by atoms with Crippen LogP contribution in [-0.2, 0) is 4.79 Å². The minimum atomic E-state index is -0.533. The summed E-state index contributed by atoms with van der Waals surface area (Å²) in [5, 5.41) is 9.28. The van der Waals surface area contributed by atoms with Crippen LogP contribution in [0.1, 0.15) is 30.0 Å². The highest BCUT2D eigenvalue weighted by Gasteiger charge is 2.26. The summed E-state index contributed by atoms with van der Waals surface area (Å²) in [6.07, 6.45) is 4.55. The molecule has 92 valence electrons. The Morgan fingerprint density at radius 2 is 2.22 bits per heavy atom. The number of nitrogens with zero attached hydrogens (tertiary/aromatic N) is 2. The molecule has 0 fully saturated rings. The number of alkyl halides is 1. The van der Waals surface area contributed by atoms with Gasteiger partial charge in [-0.05, 0) is 23.6 Å². The number of carbonyl (C=O) groups is 1. The van der Waals surface area contributed by atoms with Crippen LogP contribution in [0.2, 0.25) is 0 Å². The van der Waals surface area contributed by atoms with Gasteiger partial charge in [0.25, 0.3) is 0 Å². The Morgan fingerprint density at radius 3 is 2.94 bits per heavy atom. The van der Waals surface area contributed by atoms with E-state index in [0.717, 1.165) is 11.1 Å². The molecule has 1 heterocycles. The molecule has 2 rings (SSSR count). The van der Waals surface area contributed by atoms with Gasteiger partial charge in [0.15, 0.2) is 0 Å². The van der Waals surface area contributed by atoms with Crippen molar-refractivity contribution in [2.75, 3.05) is 5.88 Å². The lowest BCUT2D eigenvalue weighted by Crippen LogP contribution is -2.31. The highest BCUT2D eigenvalue weighted by molar-refractivity contribution is 6.17. The van der Waals surface area contributed by atoms with Crippen LogP contribution in [0.3, 0.4) is 0 Å². The molecular weight excluding hydrogens is 248 g/mol. The van der Waals surface area contributed by atoms with E-state index in [1.165, 1.54) is 4.90 Å². The monoisotopic (exact) mass is 260 g/mol. The maximum Gasteiger partial charge on any atom is 0.227 e. The van der Waals surface area contributed by atoms with Crippen molar-refractivity contribution in [1.82, 2.24) is 4.90 Å². The molecule has 0 spiro atoms. The third-order valence-electron chi connectivity index (χ3n) is 2.92. The lowest BCUT2D eigenvalue weighted by Gasteiger charge is -2.28. The molecule has 0 bridgehead atoms. The summed E-state index contributed by atoms with van der Waals surface area (Å²) < 4.78 is 0. The van der Waals surface area contributed by atoms with Gasteiger partial charge in [-0.1, -0.05) is 24.3 Å². The second kappa shape index (κ2) is 5.70. The van der Waals surface area contributed by atoms with E-state index in [1.807, 2.05) is 30.3 Å². The second-order valence-corrected chi connectivity index (χ2v) is 4.45. The molecule has 3 nitrogen and oxygen atoms in total. The zero-order valence-electron chi connectivity index (χ0n) is 9.84. The highest BCUT2D eigenvalue weighted by Crippen LogP contribution is 2.30. The molecule has 4 heteroatoms. The SMILES string of the molecule is N#C[C@@H]1c2ccccc2C=CN1C(=O)CCCCl. The maximum atomic E-state index is 12.0. The number of halogens is 1. The number of hydrogen-bond donors (Lipinski definition) is 0. The van der Waals surface area contributed by atoms with Crippen LogP contribution in [0.15, 0.2) is 30.5 Å². The van der Waals surface area contributed by atoms with Crippen LogP contribution < -0.4 is 0 Å². The summed E-state index contributed by atoms with van der Waals surface area (Å²) in [4.78, 5) is 13.5. The Morgan fingerprint density at radius 1 is 1.44 bits per heavy atom. The number of nitriles is 1. The van der Waals surface area contributed by atoms with Crippen LogP contribution >= 0.6 is 11.6 Å². The Kier molecular flexibility index (Phi) is 4.01. The number of benzene rings is 1. The van der Waals surface area contributed by atoms with Gasteiger partial charge in [0, 0.05) is 18.5 Å². The van der Waals surface area contributed by atoms with Crippen molar-refractivity contribution in [2.45, 2.75) is 18.9 Å². The van der Waals surface area contributed by atoms with Gasteiger partial charge < -0.3 is 0 Å². The van der Waals surface area contributed by atoms with Gasteiger partial charge in [0.1, 0.15) is 6.04 Å². The summed E-state index contributed by atoms with van der Waals surface area (Å²) >= 11 is 5.58. The molecule has 0 aliphatic carbocycles. The molecule has 0 unspecified atom stereocenters. The first-order valence-corrected chi connectivity index (χ1v) is 6.35. The Hall–Kier alpha value is -1.79. The summed E-state index contributed by atoms with van der Waals surface area (Å²) in [5.74, 6) is 0.393. The predicted molar refractivity (Wildman–Crippen MR) is 70.6 cm³/mol. The molecule has 0 saturated heterocycles. The van der Waals surface area contributed by atoms with E-state index in [1.54, 1.807) is 6.20 Å². The molecule has 1 atom stereocenters. The van der Waals surface area contributed by atoms with E-state index < -0.39 is 6.04 Å². The summed E-state index contributed by atoms with van der Waals surface area (Å²) in [6, 6.07) is 9.28. The Balaban J connectivity index is 2.26. The zero-order valence-corrected chi connectivity index (χ0v) is 10.6. The van der Waals surface area contributed by atoms with E-state index in [9.17, 15) is 10.1 Å². The van der Waals surface area contributed by atoms with Crippen LogP contribution in [0.4, 0.5) is 0 Å². The smallest absolute Gasteiger partial charge is 0.227 e. The molecule has 18 heavy (non-hydrogen) atoms. The first kappa shape index (κ1) is 12.7. The molecule has 1 aromatic rings. The summed E-state index contributed by atoms with van der Waals surface area (Å²) in [5.41, 5.74) is 1.87. The molecule has 0 saturated carbocycles. The fourth-order valence-electron chi connectivity index (χ4n) is 2.01. The quantitative estimate of drug-likeness (QED) is 0.784. The van der Waals surface area contributed by atoms with Crippen molar-refractivity contribution < 1.29 is 4.79 Å². The summed E-state index contributed by atoms with van der Waals surface area (Å²) in [7, 11) is 0. The average Bonchev–Trinajstić information content (AvgIpc) is 2.43.